The molecule has 0 aliphatic heterocycles. The molecule has 3 aromatic carbocycles. The summed E-state index contributed by atoms with van der Waals surface area (Å²) in [6, 6.07) is 24.8. The molecule has 0 saturated heterocycles. The highest BCUT2D eigenvalue weighted by molar-refractivity contribution is 5.78. The van der Waals surface area contributed by atoms with E-state index in [2.05, 4.69) is 15.5 Å². The fourth-order valence-corrected chi connectivity index (χ4v) is 3.02. The number of nitrogens with one attached hydrogen (secondary N) is 1. The van der Waals surface area contributed by atoms with Gasteiger partial charge in [0.2, 0.25) is 5.89 Å². The maximum absolute atomic E-state index is 12.2. The molecule has 0 radical (unpaired) electrons. The molecule has 1 aromatic heterocycles. The Labute approximate surface area is 174 Å². The van der Waals surface area contributed by atoms with E-state index in [-0.39, 0.29) is 12.5 Å². The van der Waals surface area contributed by atoms with Crippen LogP contribution in [0.3, 0.4) is 0 Å². The fourth-order valence-electron chi connectivity index (χ4n) is 3.02. The van der Waals surface area contributed by atoms with Crippen LogP contribution in [0.15, 0.2) is 83.3 Å². The number of ether oxygens (including phenoxy) is 1. The molecule has 1 N–H and O–H groups in total. The molecule has 0 aliphatic carbocycles. The maximum atomic E-state index is 12.2. The van der Waals surface area contributed by atoms with Crippen molar-refractivity contribution in [3.63, 3.8) is 0 Å². The molecule has 0 saturated carbocycles. The number of aryl methyl sites for hydroxylation is 1. The number of benzene rings is 3. The van der Waals surface area contributed by atoms with Gasteiger partial charge in [0, 0.05) is 12.1 Å². The fraction of sp³-hybridized carbons (Fsp3) is 0.125. The normalized spacial score (nSPS) is 10.6. The standard InChI is InChI=1S/C24H21N3O3/c1-17-8-7-9-18(14-17)15-25-22(28)16-29-21-13-6-5-12-20(21)24-27-26-23(30-24)19-10-3-2-4-11-19/h2-14H,15-16H2,1H3,(H,25,28). The van der Waals surface area contributed by atoms with Gasteiger partial charge in [-0.3, -0.25) is 4.79 Å². The first-order chi connectivity index (χ1) is 14.7. The molecule has 1 amide bonds. The van der Waals surface area contributed by atoms with E-state index in [0.717, 1.165) is 16.7 Å². The second kappa shape index (κ2) is 9.05. The molecule has 0 spiro atoms. The number of hydrogen-bond acceptors (Lipinski definition) is 5. The quantitative estimate of drug-likeness (QED) is 0.498. The summed E-state index contributed by atoms with van der Waals surface area (Å²) in [4.78, 5) is 12.2. The summed E-state index contributed by atoms with van der Waals surface area (Å²) >= 11 is 0. The van der Waals surface area contributed by atoms with E-state index in [1.807, 2.05) is 79.7 Å². The van der Waals surface area contributed by atoms with Crippen molar-refractivity contribution >= 4 is 5.91 Å². The number of amides is 1. The number of hydrogen-bond donors (Lipinski definition) is 1. The summed E-state index contributed by atoms with van der Waals surface area (Å²) < 4.78 is 11.6. The molecule has 6 heteroatoms. The van der Waals surface area contributed by atoms with Crippen molar-refractivity contribution in [1.82, 2.24) is 15.5 Å². The minimum atomic E-state index is -0.207. The summed E-state index contributed by atoms with van der Waals surface area (Å²) in [6.45, 7) is 2.37. The first-order valence-electron chi connectivity index (χ1n) is 9.62. The highest BCUT2D eigenvalue weighted by Crippen LogP contribution is 2.30. The van der Waals surface area contributed by atoms with Gasteiger partial charge in [-0.05, 0) is 36.8 Å². The molecule has 0 aliphatic rings. The summed E-state index contributed by atoms with van der Waals surface area (Å²) in [6.07, 6.45) is 0. The Bertz CT molecular complexity index is 1140. The van der Waals surface area contributed by atoms with Gasteiger partial charge in [0.25, 0.3) is 11.8 Å². The lowest BCUT2D eigenvalue weighted by molar-refractivity contribution is -0.123. The average Bonchev–Trinajstić information content (AvgIpc) is 3.27. The van der Waals surface area contributed by atoms with Crippen molar-refractivity contribution in [3.05, 3.63) is 90.0 Å². The predicted octanol–water partition coefficient (Wildman–Crippen LogP) is 4.41. The van der Waals surface area contributed by atoms with Crippen LogP contribution < -0.4 is 10.1 Å². The molecule has 6 nitrogen and oxygen atoms in total. The highest BCUT2D eigenvalue weighted by Gasteiger charge is 2.15. The van der Waals surface area contributed by atoms with Crippen molar-refractivity contribution in [3.8, 4) is 28.7 Å². The number of aromatic nitrogens is 2. The number of rotatable bonds is 7. The van der Waals surface area contributed by atoms with E-state index in [1.54, 1.807) is 6.07 Å². The molecule has 30 heavy (non-hydrogen) atoms. The molecule has 4 rings (SSSR count). The van der Waals surface area contributed by atoms with Crippen LogP contribution in [0.1, 0.15) is 11.1 Å². The van der Waals surface area contributed by atoms with Gasteiger partial charge in [-0.1, -0.05) is 60.2 Å². The van der Waals surface area contributed by atoms with Crippen LogP contribution in [0.5, 0.6) is 5.75 Å². The van der Waals surface area contributed by atoms with Gasteiger partial charge < -0.3 is 14.5 Å². The molecule has 4 aromatic rings. The lowest BCUT2D eigenvalue weighted by Crippen LogP contribution is -2.28. The third-order valence-electron chi connectivity index (χ3n) is 4.49. The van der Waals surface area contributed by atoms with Gasteiger partial charge >= 0.3 is 0 Å². The number of carbonyl (C=O) groups excluding carboxylic acids is 1. The predicted molar refractivity (Wildman–Crippen MR) is 114 cm³/mol. The SMILES string of the molecule is Cc1cccc(CNC(=O)COc2ccccc2-c2nnc(-c3ccccc3)o2)c1. The summed E-state index contributed by atoms with van der Waals surface area (Å²) in [5.41, 5.74) is 3.67. The van der Waals surface area contributed by atoms with Crippen molar-refractivity contribution in [2.24, 2.45) is 0 Å². The van der Waals surface area contributed by atoms with Crippen LogP contribution in [0.2, 0.25) is 0 Å². The topological polar surface area (TPSA) is 77.2 Å². The molecular formula is C24H21N3O3. The first-order valence-corrected chi connectivity index (χ1v) is 9.62. The number of nitrogens with zero attached hydrogens (tertiary/aromatic N) is 2. The monoisotopic (exact) mass is 399 g/mol. The van der Waals surface area contributed by atoms with Crippen LogP contribution in [0, 0.1) is 6.92 Å². The van der Waals surface area contributed by atoms with Gasteiger partial charge in [-0.2, -0.15) is 0 Å². The lowest BCUT2D eigenvalue weighted by atomic mass is 10.1. The van der Waals surface area contributed by atoms with Gasteiger partial charge in [0.05, 0.1) is 5.56 Å². The summed E-state index contributed by atoms with van der Waals surface area (Å²) in [7, 11) is 0. The number of carbonyl (C=O) groups is 1. The van der Waals surface area contributed by atoms with Crippen LogP contribution in [-0.4, -0.2) is 22.7 Å². The van der Waals surface area contributed by atoms with Crippen LogP contribution in [0.4, 0.5) is 0 Å². The van der Waals surface area contributed by atoms with Crippen LogP contribution in [-0.2, 0) is 11.3 Å². The largest absolute Gasteiger partial charge is 0.483 e. The van der Waals surface area contributed by atoms with Gasteiger partial charge in [0.1, 0.15) is 5.75 Å². The smallest absolute Gasteiger partial charge is 0.258 e. The first kappa shape index (κ1) is 19.4. The zero-order valence-corrected chi connectivity index (χ0v) is 16.5. The van der Waals surface area contributed by atoms with Gasteiger partial charge in [-0.25, -0.2) is 0 Å². The lowest BCUT2D eigenvalue weighted by Gasteiger charge is -2.10. The zero-order chi connectivity index (χ0) is 20.8. The van der Waals surface area contributed by atoms with Gasteiger partial charge in [-0.15, -0.1) is 10.2 Å². The second-order valence-corrected chi connectivity index (χ2v) is 6.83. The number of para-hydroxylation sites is 1. The Balaban J connectivity index is 1.41. The minimum Gasteiger partial charge on any atom is -0.483 e. The third-order valence-corrected chi connectivity index (χ3v) is 4.49. The van der Waals surface area contributed by atoms with E-state index in [1.165, 1.54) is 0 Å². The van der Waals surface area contributed by atoms with Crippen LogP contribution in [0.25, 0.3) is 22.9 Å². The van der Waals surface area contributed by atoms with Crippen LogP contribution >= 0.6 is 0 Å². The molecule has 0 atom stereocenters. The minimum absolute atomic E-state index is 0.109. The van der Waals surface area contributed by atoms with E-state index in [4.69, 9.17) is 9.15 Å². The second-order valence-electron chi connectivity index (χ2n) is 6.83. The Morgan fingerprint density at radius 3 is 2.53 bits per heavy atom. The molecule has 1 heterocycles. The summed E-state index contributed by atoms with van der Waals surface area (Å²) in [5.74, 6) is 1.06. The van der Waals surface area contributed by atoms with E-state index < -0.39 is 0 Å². The summed E-state index contributed by atoms with van der Waals surface area (Å²) in [5, 5.41) is 11.1. The van der Waals surface area contributed by atoms with Crippen molar-refractivity contribution in [2.75, 3.05) is 6.61 Å². The zero-order valence-electron chi connectivity index (χ0n) is 16.5. The highest BCUT2D eigenvalue weighted by atomic mass is 16.5. The Hall–Kier alpha value is -3.93. The maximum Gasteiger partial charge on any atom is 0.258 e. The molecule has 0 fully saturated rings. The molecular weight excluding hydrogens is 378 g/mol. The Morgan fingerprint density at radius 2 is 1.70 bits per heavy atom. The van der Waals surface area contributed by atoms with Gasteiger partial charge in [0.15, 0.2) is 6.61 Å². The Kier molecular flexibility index (Phi) is 5.85. The van der Waals surface area contributed by atoms with Crippen molar-refractivity contribution in [1.29, 1.82) is 0 Å². The van der Waals surface area contributed by atoms with Crippen molar-refractivity contribution < 1.29 is 13.9 Å². The Morgan fingerprint density at radius 1 is 0.933 bits per heavy atom. The van der Waals surface area contributed by atoms with E-state index in [9.17, 15) is 4.79 Å². The molecule has 150 valence electrons. The molecule has 0 unspecified atom stereocenters. The molecule has 0 bridgehead atoms. The van der Waals surface area contributed by atoms with E-state index >= 15 is 0 Å². The third kappa shape index (κ3) is 4.72. The average molecular weight is 399 g/mol. The van der Waals surface area contributed by atoms with Crippen molar-refractivity contribution in [2.45, 2.75) is 13.5 Å². The van der Waals surface area contributed by atoms with E-state index in [0.29, 0.717) is 29.6 Å².